The minimum absolute atomic E-state index is 0.325. The molecule has 1 aliphatic heterocycles. The van der Waals surface area contributed by atoms with Crippen LogP contribution in [-0.2, 0) is 4.74 Å². The molecule has 3 saturated carbocycles. The molecule has 20 heavy (non-hydrogen) atoms. The fraction of sp³-hybridized carbons (Fsp3) is 1.00. The van der Waals surface area contributed by atoms with Crippen molar-refractivity contribution in [3.8, 4) is 0 Å². The highest BCUT2D eigenvalue weighted by Gasteiger charge is 2.52. The van der Waals surface area contributed by atoms with Crippen LogP contribution < -0.4 is 0 Å². The van der Waals surface area contributed by atoms with Crippen LogP contribution in [0.15, 0.2) is 0 Å². The quantitative estimate of drug-likeness (QED) is 0.569. The second-order valence-corrected chi connectivity index (χ2v) is 8.20. The molecule has 1 spiro atoms. The van der Waals surface area contributed by atoms with Gasteiger partial charge in [0.05, 0.1) is 11.7 Å². The molecule has 0 amide bonds. The topological polar surface area (TPSA) is 9.23 Å². The molecule has 0 bridgehead atoms. The monoisotopic (exact) mass is 276 g/mol. The van der Waals surface area contributed by atoms with E-state index >= 15 is 0 Å². The van der Waals surface area contributed by atoms with E-state index in [9.17, 15) is 0 Å². The number of fused-ring (bicyclic) bond motifs is 3. The van der Waals surface area contributed by atoms with Crippen LogP contribution in [0.4, 0.5) is 0 Å². The average molecular weight is 276 g/mol. The standard InChI is InChI=1S/C19H32O/c1-2-6-13-19(17-11-10-15(17)7-3-1)14-12-16-8-4-5-9-18(16)20-19/h15-18H,1-14H2. The Labute approximate surface area is 124 Å². The summed E-state index contributed by atoms with van der Waals surface area (Å²) in [5, 5.41) is 0. The first-order chi connectivity index (χ1) is 9.87. The first-order valence-corrected chi connectivity index (χ1v) is 9.55. The van der Waals surface area contributed by atoms with Gasteiger partial charge in [0.2, 0.25) is 0 Å². The Morgan fingerprint density at radius 1 is 0.600 bits per heavy atom. The van der Waals surface area contributed by atoms with Gasteiger partial charge < -0.3 is 4.74 Å². The van der Waals surface area contributed by atoms with Crippen LogP contribution in [0.5, 0.6) is 0 Å². The molecule has 1 heteroatoms. The molecule has 0 aromatic carbocycles. The molecule has 0 aromatic heterocycles. The molecule has 4 fully saturated rings. The zero-order valence-electron chi connectivity index (χ0n) is 13.1. The van der Waals surface area contributed by atoms with E-state index in [2.05, 4.69) is 0 Å². The summed E-state index contributed by atoms with van der Waals surface area (Å²) < 4.78 is 6.94. The normalized spacial score (nSPS) is 49.2. The van der Waals surface area contributed by atoms with E-state index in [0.717, 1.165) is 17.8 Å². The SMILES string of the molecule is C1CCCC2(CCC3CCCCC3O2)C2CCC2CC1. The van der Waals surface area contributed by atoms with Crippen molar-refractivity contribution >= 4 is 0 Å². The molecule has 0 N–H and O–H groups in total. The predicted octanol–water partition coefficient (Wildman–Crippen LogP) is 5.47. The smallest absolute Gasteiger partial charge is 0.0717 e. The molecule has 1 saturated heterocycles. The van der Waals surface area contributed by atoms with Crippen LogP contribution in [0.3, 0.4) is 0 Å². The lowest BCUT2D eigenvalue weighted by atomic mass is 9.59. The van der Waals surface area contributed by atoms with E-state index in [1.54, 1.807) is 0 Å². The van der Waals surface area contributed by atoms with E-state index in [0.29, 0.717) is 11.7 Å². The average Bonchev–Trinajstić information content (AvgIpc) is 2.49. The highest BCUT2D eigenvalue weighted by molar-refractivity contribution is 5.01. The lowest BCUT2D eigenvalue weighted by Crippen LogP contribution is -2.55. The molecule has 0 aromatic rings. The minimum atomic E-state index is 0.325. The van der Waals surface area contributed by atoms with Gasteiger partial charge in [0.25, 0.3) is 0 Å². The van der Waals surface area contributed by atoms with E-state index in [4.69, 9.17) is 4.74 Å². The van der Waals surface area contributed by atoms with Crippen LogP contribution in [0.2, 0.25) is 0 Å². The van der Waals surface area contributed by atoms with Crippen molar-refractivity contribution in [2.24, 2.45) is 17.8 Å². The van der Waals surface area contributed by atoms with Crippen molar-refractivity contribution in [3.63, 3.8) is 0 Å². The third kappa shape index (κ3) is 2.34. The Bertz CT molecular complexity index is 339. The highest BCUT2D eigenvalue weighted by atomic mass is 16.5. The van der Waals surface area contributed by atoms with Crippen LogP contribution in [-0.4, -0.2) is 11.7 Å². The van der Waals surface area contributed by atoms with Crippen LogP contribution in [0.25, 0.3) is 0 Å². The lowest BCUT2D eigenvalue weighted by molar-refractivity contribution is -0.217. The maximum Gasteiger partial charge on any atom is 0.0717 e. The van der Waals surface area contributed by atoms with Crippen molar-refractivity contribution in [2.45, 2.75) is 102 Å². The fourth-order valence-corrected chi connectivity index (χ4v) is 5.88. The molecule has 4 rings (SSSR count). The van der Waals surface area contributed by atoms with Crippen molar-refractivity contribution < 1.29 is 4.74 Å². The van der Waals surface area contributed by atoms with Crippen molar-refractivity contribution in [2.75, 3.05) is 0 Å². The molecule has 114 valence electrons. The number of rotatable bonds is 0. The maximum atomic E-state index is 6.94. The van der Waals surface area contributed by atoms with Gasteiger partial charge in [-0.05, 0) is 62.7 Å². The molecule has 1 heterocycles. The van der Waals surface area contributed by atoms with Crippen molar-refractivity contribution in [3.05, 3.63) is 0 Å². The third-order valence-electron chi connectivity index (χ3n) is 7.18. The molecule has 0 radical (unpaired) electrons. The van der Waals surface area contributed by atoms with Gasteiger partial charge in [0, 0.05) is 0 Å². The number of hydrogen-bond acceptors (Lipinski definition) is 1. The summed E-state index contributed by atoms with van der Waals surface area (Å²) in [5.41, 5.74) is 0.325. The van der Waals surface area contributed by atoms with Gasteiger partial charge in [-0.1, -0.05) is 44.9 Å². The zero-order valence-corrected chi connectivity index (χ0v) is 13.1. The predicted molar refractivity (Wildman–Crippen MR) is 82.7 cm³/mol. The van der Waals surface area contributed by atoms with Crippen LogP contribution >= 0.6 is 0 Å². The summed E-state index contributed by atoms with van der Waals surface area (Å²) in [5.74, 6) is 2.87. The first kappa shape index (κ1) is 13.6. The first-order valence-electron chi connectivity index (χ1n) is 9.55. The maximum absolute atomic E-state index is 6.94. The van der Waals surface area contributed by atoms with Crippen molar-refractivity contribution in [1.82, 2.24) is 0 Å². The Hall–Kier alpha value is -0.0400. The zero-order chi connectivity index (χ0) is 13.4. The van der Waals surface area contributed by atoms with Gasteiger partial charge >= 0.3 is 0 Å². The third-order valence-corrected chi connectivity index (χ3v) is 7.18. The van der Waals surface area contributed by atoms with Gasteiger partial charge in [-0.3, -0.25) is 0 Å². The van der Waals surface area contributed by atoms with E-state index in [1.807, 2.05) is 0 Å². The fourth-order valence-electron chi connectivity index (χ4n) is 5.88. The summed E-state index contributed by atoms with van der Waals surface area (Å²) in [7, 11) is 0. The molecule has 4 aliphatic rings. The summed E-state index contributed by atoms with van der Waals surface area (Å²) in [6, 6.07) is 0. The second kappa shape index (κ2) is 5.63. The van der Waals surface area contributed by atoms with Crippen LogP contribution in [0.1, 0.15) is 89.9 Å². The van der Waals surface area contributed by atoms with E-state index in [-0.39, 0.29) is 0 Å². The van der Waals surface area contributed by atoms with Gasteiger partial charge in [-0.15, -0.1) is 0 Å². The molecular formula is C19H32O. The number of ether oxygens (including phenoxy) is 1. The highest BCUT2D eigenvalue weighted by Crippen LogP contribution is 2.54. The van der Waals surface area contributed by atoms with Gasteiger partial charge in [0.15, 0.2) is 0 Å². The number of hydrogen-bond donors (Lipinski definition) is 0. The van der Waals surface area contributed by atoms with E-state index in [1.165, 1.54) is 89.9 Å². The van der Waals surface area contributed by atoms with Crippen LogP contribution in [0, 0.1) is 17.8 Å². The molecule has 1 nitrogen and oxygen atoms in total. The summed E-state index contributed by atoms with van der Waals surface area (Å²) >= 11 is 0. The minimum Gasteiger partial charge on any atom is -0.371 e. The Morgan fingerprint density at radius 3 is 2.30 bits per heavy atom. The second-order valence-electron chi connectivity index (χ2n) is 8.20. The van der Waals surface area contributed by atoms with Gasteiger partial charge in [-0.2, -0.15) is 0 Å². The van der Waals surface area contributed by atoms with Gasteiger partial charge in [-0.25, -0.2) is 0 Å². The largest absolute Gasteiger partial charge is 0.371 e. The summed E-state index contributed by atoms with van der Waals surface area (Å²) in [4.78, 5) is 0. The molecule has 5 unspecified atom stereocenters. The summed E-state index contributed by atoms with van der Waals surface area (Å²) in [6.45, 7) is 0. The Morgan fingerprint density at radius 2 is 1.40 bits per heavy atom. The summed E-state index contributed by atoms with van der Waals surface area (Å²) in [6.07, 6.45) is 20.9. The molecule has 3 aliphatic carbocycles. The van der Waals surface area contributed by atoms with Gasteiger partial charge in [0.1, 0.15) is 0 Å². The molecule has 5 atom stereocenters. The van der Waals surface area contributed by atoms with Crippen molar-refractivity contribution in [1.29, 1.82) is 0 Å². The Kier molecular flexibility index (Phi) is 3.83. The molecular weight excluding hydrogens is 244 g/mol. The Balaban J connectivity index is 1.53. The van der Waals surface area contributed by atoms with E-state index < -0.39 is 0 Å². The lowest BCUT2D eigenvalue weighted by Gasteiger charge is -2.56.